The summed E-state index contributed by atoms with van der Waals surface area (Å²) in [6.45, 7) is 3.27. The van der Waals surface area contributed by atoms with E-state index in [-0.39, 0.29) is 11.8 Å². The molecule has 2 heterocycles. The lowest BCUT2D eigenvalue weighted by Crippen LogP contribution is -2.30. The molecule has 4 nitrogen and oxygen atoms in total. The van der Waals surface area contributed by atoms with E-state index in [2.05, 4.69) is 16.7 Å². The highest BCUT2D eigenvalue weighted by atomic mass is 16.5. The molecule has 2 aliphatic rings. The molecule has 0 aliphatic carbocycles. The fourth-order valence-corrected chi connectivity index (χ4v) is 2.83. The van der Waals surface area contributed by atoms with Crippen molar-refractivity contribution in [3.63, 3.8) is 0 Å². The van der Waals surface area contributed by atoms with Crippen LogP contribution in [0.5, 0.6) is 0 Å². The van der Waals surface area contributed by atoms with Gasteiger partial charge in [0.25, 0.3) is 0 Å². The average Bonchev–Trinajstić information content (AvgIpc) is 2.48. The van der Waals surface area contributed by atoms with Gasteiger partial charge in [0.2, 0.25) is 5.91 Å². The van der Waals surface area contributed by atoms with Gasteiger partial charge in [0.05, 0.1) is 0 Å². The van der Waals surface area contributed by atoms with Gasteiger partial charge in [-0.25, -0.2) is 0 Å². The molecule has 1 aromatic rings. The molecule has 1 fully saturated rings. The Morgan fingerprint density at radius 1 is 1.32 bits per heavy atom. The van der Waals surface area contributed by atoms with Crippen LogP contribution in [0.1, 0.15) is 24.0 Å². The molecule has 0 bridgehead atoms. The van der Waals surface area contributed by atoms with Crippen LogP contribution in [0.15, 0.2) is 18.2 Å². The number of anilines is 1. The molecule has 4 heteroatoms. The van der Waals surface area contributed by atoms with Crippen molar-refractivity contribution in [2.75, 3.05) is 25.1 Å². The van der Waals surface area contributed by atoms with Gasteiger partial charge in [0, 0.05) is 31.4 Å². The van der Waals surface area contributed by atoms with Gasteiger partial charge in [-0.15, -0.1) is 0 Å². The first-order valence-corrected chi connectivity index (χ1v) is 7.04. The molecule has 0 aromatic heterocycles. The van der Waals surface area contributed by atoms with E-state index in [1.54, 1.807) is 0 Å². The number of carbonyl (C=O) groups excluding carboxylic acids is 1. The van der Waals surface area contributed by atoms with E-state index in [0.717, 1.165) is 38.0 Å². The molecular weight excluding hydrogens is 240 g/mol. The maximum Gasteiger partial charge on any atom is 0.227 e. The van der Waals surface area contributed by atoms with Crippen molar-refractivity contribution in [1.29, 1.82) is 0 Å². The van der Waals surface area contributed by atoms with Crippen molar-refractivity contribution in [2.24, 2.45) is 5.92 Å². The molecule has 0 unspecified atom stereocenters. The molecule has 2 aliphatic heterocycles. The molecule has 1 aromatic carbocycles. The predicted molar refractivity (Wildman–Crippen MR) is 74.0 cm³/mol. The molecule has 3 rings (SSSR count). The Kier molecular flexibility index (Phi) is 3.80. The maximum absolute atomic E-state index is 12.3. The van der Waals surface area contributed by atoms with E-state index in [1.165, 1.54) is 11.1 Å². The minimum atomic E-state index is 0.0983. The van der Waals surface area contributed by atoms with Crippen molar-refractivity contribution < 1.29 is 9.53 Å². The number of fused-ring (bicyclic) bond motifs is 1. The molecular formula is C15H20N2O2. The van der Waals surface area contributed by atoms with Crippen LogP contribution in [0.4, 0.5) is 5.69 Å². The second kappa shape index (κ2) is 5.72. The van der Waals surface area contributed by atoms with Crippen molar-refractivity contribution in [2.45, 2.75) is 25.8 Å². The minimum Gasteiger partial charge on any atom is -0.381 e. The van der Waals surface area contributed by atoms with E-state index in [1.807, 2.05) is 12.1 Å². The lowest BCUT2D eigenvalue weighted by atomic mass is 9.97. The standard InChI is InChI=1S/C15H20N2O2/c18-15(12-5-8-19-9-6-12)17-14-3-1-2-11-4-7-16-10-13(11)14/h1-3,12,16H,4-10H2,(H,17,18). The number of amides is 1. The third-order valence-corrected chi connectivity index (χ3v) is 4.00. The summed E-state index contributed by atoms with van der Waals surface area (Å²) in [6, 6.07) is 6.19. The first-order chi connectivity index (χ1) is 9.34. The van der Waals surface area contributed by atoms with Crippen LogP contribution in [-0.2, 0) is 22.5 Å². The van der Waals surface area contributed by atoms with Gasteiger partial charge in [-0.2, -0.15) is 0 Å². The Labute approximate surface area is 113 Å². The molecule has 0 radical (unpaired) electrons. The maximum atomic E-state index is 12.3. The SMILES string of the molecule is O=C(Nc1cccc2c1CNCC2)C1CCOCC1. The quantitative estimate of drug-likeness (QED) is 0.851. The number of ether oxygens (including phenoxy) is 1. The van der Waals surface area contributed by atoms with Gasteiger partial charge in [-0.05, 0) is 43.0 Å². The highest BCUT2D eigenvalue weighted by molar-refractivity contribution is 5.93. The molecule has 0 saturated carbocycles. The topological polar surface area (TPSA) is 50.4 Å². The number of hydrogen-bond acceptors (Lipinski definition) is 3. The second-order valence-electron chi connectivity index (χ2n) is 5.25. The number of benzene rings is 1. The fourth-order valence-electron chi connectivity index (χ4n) is 2.83. The lowest BCUT2D eigenvalue weighted by molar-refractivity contribution is -0.122. The van der Waals surface area contributed by atoms with Gasteiger partial charge >= 0.3 is 0 Å². The third-order valence-electron chi connectivity index (χ3n) is 4.00. The highest BCUT2D eigenvalue weighted by Gasteiger charge is 2.23. The van der Waals surface area contributed by atoms with Crippen LogP contribution in [0.3, 0.4) is 0 Å². The smallest absolute Gasteiger partial charge is 0.227 e. The largest absolute Gasteiger partial charge is 0.381 e. The van der Waals surface area contributed by atoms with E-state index in [9.17, 15) is 4.79 Å². The van der Waals surface area contributed by atoms with Crippen LogP contribution in [0.2, 0.25) is 0 Å². The number of hydrogen-bond donors (Lipinski definition) is 2. The summed E-state index contributed by atoms with van der Waals surface area (Å²) in [5, 5.41) is 6.47. The van der Waals surface area contributed by atoms with Crippen LogP contribution in [-0.4, -0.2) is 25.7 Å². The van der Waals surface area contributed by atoms with Crippen LogP contribution in [0, 0.1) is 5.92 Å². The number of nitrogens with one attached hydrogen (secondary N) is 2. The molecule has 0 spiro atoms. The van der Waals surface area contributed by atoms with E-state index in [4.69, 9.17) is 4.74 Å². The third kappa shape index (κ3) is 2.80. The van der Waals surface area contributed by atoms with Gasteiger partial charge in [0.1, 0.15) is 0 Å². The van der Waals surface area contributed by atoms with Gasteiger partial charge in [-0.3, -0.25) is 4.79 Å². The summed E-state index contributed by atoms with van der Waals surface area (Å²) in [6.07, 6.45) is 2.70. The van der Waals surface area contributed by atoms with E-state index in [0.29, 0.717) is 13.2 Å². The second-order valence-corrected chi connectivity index (χ2v) is 5.25. The highest BCUT2D eigenvalue weighted by Crippen LogP contribution is 2.24. The zero-order valence-electron chi connectivity index (χ0n) is 11.1. The van der Waals surface area contributed by atoms with Gasteiger partial charge < -0.3 is 15.4 Å². The average molecular weight is 260 g/mol. The monoisotopic (exact) mass is 260 g/mol. The Balaban J connectivity index is 1.74. The Hall–Kier alpha value is -1.39. The minimum absolute atomic E-state index is 0.0983. The lowest BCUT2D eigenvalue weighted by Gasteiger charge is -2.24. The molecule has 19 heavy (non-hydrogen) atoms. The summed E-state index contributed by atoms with van der Waals surface area (Å²) < 4.78 is 5.30. The van der Waals surface area contributed by atoms with Crippen molar-refractivity contribution in [3.05, 3.63) is 29.3 Å². The summed E-state index contributed by atoms with van der Waals surface area (Å²) in [4.78, 5) is 12.3. The Bertz CT molecular complexity index is 467. The Morgan fingerprint density at radius 2 is 2.16 bits per heavy atom. The normalized spacial score (nSPS) is 19.8. The van der Waals surface area contributed by atoms with Crippen molar-refractivity contribution in [1.82, 2.24) is 5.32 Å². The van der Waals surface area contributed by atoms with Crippen molar-refractivity contribution >= 4 is 11.6 Å². The summed E-state index contributed by atoms with van der Waals surface area (Å²) in [7, 11) is 0. The summed E-state index contributed by atoms with van der Waals surface area (Å²) >= 11 is 0. The van der Waals surface area contributed by atoms with Gasteiger partial charge in [0.15, 0.2) is 0 Å². The van der Waals surface area contributed by atoms with Crippen LogP contribution >= 0.6 is 0 Å². The zero-order valence-corrected chi connectivity index (χ0v) is 11.1. The Morgan fingerprint density at radius 3 is 3.00 bits per heavy atom. The first kappa shape index (κ1) is 12.6. The first-order valence-electron chi connectivity index (χ1n) is 7.04. The fraction of sp³-hybridized carbons (Fsp3) is 0.533. The molecule has 0 atom stereocenters. The van der Waals surface area contributed by atoms with E-state index < -0.39 is 0 Å². The zero-order chi connectivity index (χ0) is 13.1. The van der Waals surface area contributed by atoms with Crippen molar-refractivity contribution in [3.8, 4) is 0 Å². The molecule has 1 amide bonds. The predicted octanol–water partition coefficient (Wildman–Crippen LogP) is 1.70. The summed E-state index contributed by atoms with van der Waals surface area (Å²) in [5.74, 6) is 0.239. The van der Waals surface area contributed by atoms with Gasteiger partial charge in [-0.1, -0.05) is 12.1 Å². The number of rotatable bonds is 2. The molecule has 102 valence electrons. The van der Waals surface area contributed by atoms with Crippen LogP contribution in [0.25, 0.3) is 0 Å². The summed E-state index contributed by atoms with van der Waals surface area (Å²) in [5.41, 5.74) is 3.57. The van der Waals surface area contributed by atoms with E-state index >= 15 is 0 Å². The molecule has 2 N–H and O–H groups in total. The molecule has 1 saturated heterocycles. The number of carbonyl (C=O) groups is 1. The van der Waals surface area contributed by atoms with Crippen LogP contribution < -0.4 is 10.6 Å².